The van der Waals surface area contributed by atoms with E-state index in [0.29, 0.717) is 13.2 Å². The van der Waals surface area contributed by atoms with Crippen molar-refractivity contribution in [2.75, 3.05) is 39.6 Å². The molecule has 0 amide bonds. The van der Waals surface area contributed by atoms with E-state index in [4.69, 9.17) is 33.2 Å². The zero-order valence-electron chi connectivity index (χ0n) is 48.8. The third kappa shape index (κ3) is 55.3. The smallest absolute Gasteiger partial charge is 0.180 e. The van der Waals surface area contributed by atoms with E-state index < -0.39 is 12.6 Å². The van der Waals surface area contributed by atoms with E-state index in [-0.39, 0.29) is 12.6 Å². The molecule has 0 aliphatic heterocycles. The predicted octanol–water partition coefficient (Wildman–Crippen LogP) is 20.8. The van der Waals surface area contributed by atoms with Crippen LogP contribution in [0.15, 0.2) is 24.3 Å². The van der Waals surface area contributed by atoms with Crippen LogP contribution in [0.25, 0.3) is 0 Å². The summed E-state index contributed by atoms with van der Waals surface area (Å²) in [6.45, 7) is 18.1. The Kier molecular flexibility index (Phi) is 61.0. The maximum Gasteiger partial charge on any atom is 0.180 e. The number of rotatable bonds is 62. The van der Waals surface area contributed by atoms with E-state index in [9.17, 15) is 0 Å². The van der Waals surface area contributed by atoms with Crippen LogP contribution in [0.1, 0.15) is 324 Å². The highest BCUT2D eigenvalue weighted by Gasteiger charge is 2.16. The van der Waals surface area contributed by atoms with Crippen molar-refractivity contribution in [2.24, 2.45) is 0 Å². The first-order chi connectivity index (χ1) is 35.1. The van der Waals surface area contributed by atoms with Crippen LogP contribution in [-0.4, -0.2) is 64.8 Å². The molecule has 0 N–H and O–H groups in total. The van der Waals surface area contributed by atoms with E-state index in [2.05, 4.69) is 65.8 Å². The van der Waals surface area contributed by atoms with Crippen molar-refractivity contribution >= 4 is 0 Å². The lowest BCUT2D eigenvalue weighted by atomic mass is 10.1. The third-order valence-electron chi connectivity index (χ3n) is 13.8. The maximum absolute atomic E-state index is 6.74. The Labute approximate surface area is 444 Å². The summed E-state index contributed by atoms with van der Waals surface area (Å²) in [6, 6.07) is 0. The van der Waals surface area contributed by atoms with Crippen LogP contribution in [0.2, 0.25) is 0 Å². The molecule has 0 bridgehead atoms. The Morgan fingerprint density at radius 2 is 0.437 bits per heavy atom. The van der Waals surface area contributed by atoms with Crippen molar-refractivity contribution < 1.29 is 33.2 Å². The van der Waals surface area contributed by atoms with Crippen LogP contribution in [0.4, 0.5) is 0 Å². The van der Waals surface area contributed by atoms with Crippen molar-refractivity contribution in [1.82, 2.24) is 0 Å². The monoisotopic (exact) mass is 1010 g/mol. The lowest BCUT2D eigenvalue weighted by Gasteiger charge is -2.22. The molecule has 7 nitrogen and oxygen atoms in total. The molecule has 0 radical (unpaired) electrons. The number of hydrogen-bond donors (Lipinski definition) is 0. The molecular formula is C64H126O7. The van der Waals surface area contributed by atoms with Crippen LogP contribution in [0.3, 0.4) is 0 Å². The first-order valence-corrected chi connectivity index (χ1v) is 31.8. The van der Waals surface area contributed by atoms with E-state index in [1.807, 2.05) is 0 Å². The van der Waals surface area contributed by atoms with Gasteiger partial charge in [-0.25, -0.2) is 0 Å². The summed E-state index contributed by atoms with van der Waals surface area (Å²) >= 11 is 0. The van der Waals surface area contributed by atoms with E-state index >= 15 is 0 Å². The lowest BCUT2D eigenvalue weighted by Crippen LogP contribution is -2.25. The van der Waals surface area contributed by atoms with Gasteiger partial charge in [0, 0.05) is 39.3 Å². The number of unbranched alkanes of at least 4 members (excludes halogenated alkanes) is 34. The normalized spacial score (nSPS) is 13.1. The predicted molar refractivity (Wildman–Crippen MR) is 307 cm³/mol. The molecule has 0 aromatic rings. The second-order valence-electron chi connectivity index (χ2n) is 21.0. The molecule has 2 unspecified atom stereocenters. The van der Waals surface area contributed by atoms with Gasteiger partial charge >= 0.3 is 0 Å². The molecule has 71 heavy (non-hydrogen) atoms. The first-order valence-electron chi connectivity index (χ1n) is 31.8. The van der Waals surface area contributed by atoms with E-state index in [0.717, 1.165) is 90.6 Å². The zero-order valence-corrected chi connectivity index (χ0v) is 48.8. The molecule has 0 fully saturated rings. The average Bonchev–Trinajstić information content (AvgIpc) is 3.38. The molecule has 424 valence electrons. The van der Waals surface area contributed by atoms with Crippen molar-refractivity contribution in [1.29, 1.82) is 0 Å². The summed E-state index contributed by atoms with van der Waals surface area (Å²) in [5, 5.41) is 0. The minimum absolute atomic E-state index is 0.178. The summed E-state index contributed by atoms with van der Waals surface area (Å²) in [5.41, 5.74) is 0. The van der Waals surface area contributed by atoms with Gasteiger partial charge in [-0.2, -0.15) is 0 Å². The largest absolute Gasteiger partial charge is 0.353 e. The minimum Gasteiger partial charge on any atom is -0.353 e. The van der Waals surface area contributed by atoms with Crippen molar-refractivity contribution in [3.8, 4) is 0 Å². The van der Waals surface area contributed by atoms with Gasteiger partial charge in [0.25, 0.3) is 0 Å². The number of ether oxygens (including phenoxy) is 7. The molecule has 0 aliphatic rings. The highest BCUT2D eigenvalue weighted by atomic mass is 16.8. The lowest BCUT2D eigenvalue weighted by molar-refractivity contribution is -0.208. The topological polar surface area (TPSA) is 64.6 Å². The molecule has 0 aromatic carbocycles. The molecule has 0 saturated heterocycles. The van der Waals surface area contributed by atoms with Gasteiger partial charge in [-0.15, -0.1) is 0 Å². The first kappa shape index (κ1) is 70.2. The maximum atomic E-state index is 6.74. The van der Waals surface area contributed by atoms with Crippen molar-refractivity contribution in [3.63, 3.8) is 0 Å². The molecule has 2 atom stereocenters. The summed E-state index contributed by atoms with van der Waals surface area (Å²) in [7, 11) is 0. The van der Waals surface area contributed by atoms with Gasteiger partial charge in [-0.1, -0.05) is 272 Å². The van der Waals surface area contributed by atoms with Crippen molar-refractivity contribution in [3.05, 3.63) is 24.3 Å². The number of hydrogen-bond acceptors (Lipinski definition) is 7. The van der Waals surface area contributed by atoms with E-state index in [1.54, 1.807) is 0 Å². The summed E-state index contributed by atoms with van der Waals surface area (Å²) in [5.74, 6) is 0. The van der Waals surface area contributed by atoms with Crippen LogP contribution < -0.4 is 0 Å². The fourth-order valence-electron chi connectivity index (χ4n) is 8.98. The van der Waals surface area contributed by atoms with Gasteiger partial charge in [0.05, 0.1) is 13.2 Å². The molecule has 0 spiro atoms. The van der Waals surface area contributed by atoms with Crippen molar-refractivity contribution in [2.45, 2.75) is 349 Å². The van der Waals surface area contributed by atoms with Crippen LogP contribution in [-0.2, 0) is 33.2 Å². The summed E-state index contributed by atoms with van der Waals surface area (Å²) < 4.78 is 45.4. The Morgan fingerprint density at radius 1 is 0.239 bits per heavy atom. The van der Waals surface area contributed by atoms with Gasteiger partial charge in [0.15, 0.2) is 25.2 Å². The SMILES string of the molecule is CCCCCCCCCCOC(C=CCCC(OCCCCCCCC)OCCCCCCCC)OC(C=CCCC(OCCCCCCCC)OCCCCCCCC)OCCCCCCCCCC. The fraction of sp³-hybridized carbons (Fsp3) is 0.938. The highest BCUT2D eigenvalue weighted by Crippen LogP contribution is 2.18. The molecule has 7 heteroatoms. The van der Waals surface area contributed by atoms with Crippen LogP contribution >= 0.6 is 0 Å². The average molecular weight is 1010 g/mol. The fourth-order valence-corrected chi connectivity index (χ4v) is 8.98. The van der Waals surface area contributed by atoms with Gasteiger partial charge in [-0.05, 0) is 63.5 Å². The Balaban J connectivity index is 5.89. The van der Waals surface area contributed by atoms with Crippen LogP contribution in [0.5, 0.6) is 0 Å². The minimum atomic E-state index is -0.492. The van der Waals surface area contributed by atoms with Gasteiger partial charge in [0.1, 0.15) is 0 Å². The highest BCUT2D eigenvalue weighted by molar-refractivity contribution is 4.90. The second-order valence-corrected chi connectivity index (χ2v) is 21.0. The second kappa shape index (κ2) is 61.7. The Morgan fingerprint density at radius 3 is 0.662 bits per heavy atom. The quantitative estimate of drug-likeness (QED) is 0.0342. The standard InChI is InChI=1S/C64H126O7/c1-7-13-19-25-31-33-39-49-59-69-63(53-43-41-51-61(65-55-45-35-27-21-15-9-3)66-56-46-36-28-22-16-10-4)71-64(70-60-50-40-34-32-26-20-14-8-2)54-44-42-52-62(67-57-47-37-29-23-17-11-5)68-58-48-38-30-24-18-12-6/h43-44,53-54,61-64H,7-42,45-52,55-60H2,1-6H3. The zero-order chi connectivity index (χ0) is 51.4. The Hall–Kier alpha value is -0.800. The molecule has 0 rings (SSSR count). The molecular weight excluding hydrogens is 881 g/mol. The van der Waals surface area contributed by atoms with E-state index in [1.165, 1.54) is 218 Å². The third-order valence-corrected chi connectivity index (χ3v) is 13.8. The summed E-state index contributed by atoms with van der Waals surface area (Å²) in [6.07, 6.45) is 61.3. The van der Waals surface area contributed by atoms with Gasteiger partial charge in [-0.3, -0.25) is 0 Å². The molecule has 0 heterocycles. The molecule has 0 aromatic heterocycles. The molecule has 0 aliphatic carbocycles. The van der Waals surface area contributed by atoms with Gasteiger partial charge in [0.2, 0.25) is 0 Å². The Bertz CT molecular complexity index is 907. The number of allylic oxidation sites excluding steroid dienone is 2. The van der Waals surface area contributed by atoms with Gasteiger partial charge < -0.3 is 33.2 Å². The summed E-state index contributed by atoms with van der Waals surface area (Å²) in [4.78, 5) is 0. The molecule has 0 saturated carbocycles. The van der Waals surface area contributed by atoms with Crippen LogP contribution in [0, 0.1) is 0 Å².